The van der Waals surface area contributed by atoms with Crippen molar-refractivity contribution in [2.24, 2.45) is 0 Å². The molecule has 0 aliphatic rings. The van der Waals surface area contributed by atoms with E-state index in [1.54, 1.807) is 66.7 Å². The van der Waals surface area contributed by atoms with Gasteiger partial charge in [0.25, 0.3) is 0 Å². The van der Waals surface area contributed by atoms with Crippen molar-refractivity contribution in [1.82, 2.24) is 0 Å². The number of carbonyl (C=O) groups excluding carboxylic acids is 2. The number of carbonyl (C=O) groups is 2. The second-order valence-electron chi connectivity index (χ2n) is 6.30. The first kappa shape index (κ1) is 20.7. The lowest BCUT2D eigenvalue weighted by atomic mass is 10.1. The third-order valence-electron chi connectivity index (χ3n) is 3.90. The summed E-state index contributed by atoms with van der Waals surface area (Å²) in [7, 11) is 0. The van der Waals surface area contributed by atoms with Gasteiger partial charge in [-0.05, 0) is 60.2 Å². The van der Waals surface area contributed by atoms with E-state index in [-0.39, 0.29) is 18.2 Å². The highest BCUT2D eigenvalue weighted by Gasteiger charge is 2.11. The minimum Gasteiger partial charge on any atom is -0.455 e. The fraction of sp³-hybridized carbons (Fsp3) is 0.0909. The maximum absolute atomic E-state index is 12.5. The van der Waals surface area contributed by atoms with E-state index in [0.717, 1.165) is 5.56 Å². The van der Waals surface area contributed by atoms with Crippen LogP contribution >= 0.6 is 23.2 Å². The molecule has 0 atom stereocenters. The van der Waals surface area contributed by atoms with E-state index < -0.39 is 0 Å². The molecule has 148 valence electrons. The fourth-order valence-electron chi connectivity index (χ4n) is 2.61. The smallest absolute Gasteiger partial charge is 0.228 e. The van der Waals surface area contributed by atoms with Crippen molar-refractivity contribution in [3.8, 4) is 11.5 Å². The summed E-state index contributed by atoms with van der Waals surface area (Å²) < 4.78 is 5.85. The Bertz CT molecular complexity index is 1020. The molecular weight excluding hydrogens is 411 g/mol. The number of rotatable bonds is 6. The van der Waals surface area contributed by atoms with Crippen molar-refractivity contribution < 1.29 is 14.3 Å². The summed E-state index contributed by atoms with van der Waals surface area (Å²) in [6.07, 6.45) is 0.160. The van der Waals surface area contributed by atoms with E-state index >= 15 is 0 Å². The number of halogens is 2. The van der Waals surface area contributed by atoms with E-state index in [0.29, 0.717) is 32.9 Å². The number of benzene rings is 3. The molecule has 3 aromatic carbocycles. The van der Waals surface area contributed by atoms with Crippen molar-refractivity contribution in [2.75, 3.05) is 10.6 Å². The molecule has 0 aliphatic carbocycles. The van der Waals surface area contributed by atoms with Gasteiger partial charge in [-0.1, -0.05) is 35.3 Å². The van der Waals surface area contributed by atoms with Crippen LogP contribution in [0.1, 0.15) is 12.5 Å². The Kier molecular flexibility index (Phi) is 6.75. The average molecular weight is 429 g/mol. The van der Waals surface area contributed by atoms with Crippen LogP contribution in [0, 0.1) is 0 Å². The summed E-state index contributed by atoms with van der Waals surface area (Å²) in [5.74, 6) is 0.678. The van der Waals surface area contributed by atoms with Crippen LogP contribution in [0.25, 0.3) is 0 Å². The van der Waals surface area contributed by atoms with Gasteiger partial charge in [-0.2, -0.15) is 0 Å². The van der Waals surface area contributed by atoms with Gasteiger partial charge in [0.2, 0.25) is 11.8 Å². The molecule has 29 heavy (non-hydrogen) atoms. The molecule has 3 aromatic rings. The first-order valence-electron chi connectivity index (χ1n) is 8.78. The Balaban J connectivity index is 1.70. The quantitative estimate of drug-likeness (QED) is 0.511. The molecule has 0 spiro atoms. The maximum atomic E-state index is 12.5. The Morgan fingerprint density at radius 3 is 2.17 bits per heavy atom. The van der Waals surface area contributed by atoms with Gasteiger partial charge in [0.1, 0.15) is 5.75 Å². The number of hydrogen-bond acceptors (Lipinski definition) is 3. The van der Waals surface area contributed by atoms with E-state index in [4.69, 9.17) is 27.9 Å². The van der Waals surface area contributed by atoms with Crippen LogP contribution in [0.2, 0.25) is 10.0 Å². The number of ether oxygens (including phenoxy) is 1. The average Bonchev–Trinajstić information content (AvgIpc) is 2.67. The van der Waals surface area contributed by atoms with Crippen molar-refractivity contribution in [2.45, 2.75) is 13.3 Å². The zero-order chi connectivity index (χ0) is 20.8. The molecule has 0 unspecified atom stereocenters. The Morgan fingerprint density at radius 1 is 0.862 bits per heavy atom. The first-order chi connectivity index (χ1) is 13.9. The van der Waals surface area contributed by atoms with Gasteiger partial charge in [-0.15, -0.1) is 0 Å². The summed E-state index contributed by atoms with van der Waals surface area (Å²) in [5, 5.41) is 6.60. The predicted octanol–water partition coefficient (Wildman–Crippen LogP) is 5.93. The molecule has 2 N–H and O–H groups in total. The molecule has 0 bridgehead atoms. The van der Waals surface area contributed by atoms with Crippen LogP contribution in [-0.4, -0.2) is 11.8 Å². The van der Waals surface area contributed by atoms with E-state index in [9.17, 15) is 9.59 Å². The third-order valence-corrected chi connectivity index (χ3v) is 4.38. The molecule has 0 aliphatic heterocycles. The maximum Gasteiger partial charge on any atom is 0.228 e. The molecule has 7 heteroatoms. The largest absolute Gasteiger partial charge is 0.455 e. The summed E-state index contributed by atoms with van der Waals surface area (Å²) in [4.78, 5) is 23.6. The van der Waals surface area contributed by atoms with Crippen LogP contribution in [0.15, 0.2) is 66.7 Å². The highest BCUT2D eigenvalue weighted by atomic mass is 35.5. The molecule has 0 radical (unpaired) electrons. The Hall–Kier alpha value is -3.02. The second-order valence-corrected chi connectivity index (χ2v) is 7.17. The van der Waals surface area contributed by atoms with Gasteiger partial charge >= 0.3 is 0 Å². The molecule has 2 amide bonds. The molecule has 0 aromatic heterocycles. The van der Waals surface area contributed by atoms with Gasteiger partial charge in [0, 0.05) is 22.7 Å². The molecule has 3 rings (SSSR count). The zero-order valence-electron chi connectivity index (χ0n) is 15.5. The van der Waals surface area contributed by atoms with Gasteiger partial charge < -0.3 is 15.4 Å². The van der Waals surface area contributed by atoms with Crippen LogP contribution in [0.4, 0.5) is 11.4 Å². The van der Waals surface area contributed by atoms with Crippen LogP contribution < -0.4 is 15.4 Å². The topological polar surface area (TPSA) is 67.4 Å². The monoisotopic (exact) mass is 428 g/mol. The number of amides is 2. The van der Waals surface area contributed by atoms with E-state index in [2.05, 4.69) is 10.6 Å². The van der Waals surface area contributed by atoms with Crippen LogP contribution in [0.5, 0.6) is 11.5 Å². The molecule has 0 saturated carbocycles. The van der Waals surface area contributed by atoms with Gasteiger partial charge in [0.15, 0.2) is 5.75 Å². The summed E-state index contributed by atoms with van der Waals surface area (Å²) in [5.41, 5.74) is 1.95. The SMILES string of the molecule is CC(=O)Nc1ccc(CC(=O)Nc2cc(Cl)ccc2Oc2ccc(Cl)cc2)cc1. The van der Waals surface area contributed by atoms with Gasteiger partial charge in [-0.3, -0.25) is 9.59 Å². The first-order valence-corrected chi connectivity index (χ1v) is 9.54. The number of anilines is 2. The highest BCUT2D eigenvalue weighted by molar-refractivity contribution is 6.31. The molecular formula is C22H18Cl2N2O3. The third kappa shape index (κ3) is 6.24. The number of hydrogen-bond donors (Lipinski definition) is 2. The van der Waals surface area contributed by atoms with Crippen molar-refractivity contribution >= 4 is 46.4 Å². The highest BCUT2D eigenvalue weighted by Crippen LogP contribution is 2.32. The summed E-state index contributed by atoms with van der Waals surface area (Å²) >= 11 is 12.0. The van der Waals surface area contributed by atoms with Crippen LogP contribution in [-0.2, 0) is 16.0 Å². The van der Waals surface area contributed by atoms with Crippen molar-refractivity contribution in [1.29, 1.82) is 0 Å². The normalized spacial score (nSPS) is 10.3. The zero-order valence-corrected chi connectivity index (χ0v) is 17.1. The van der Waals surface area contributed by atoms with E-state index in [1.807, 2.05) is 0 Å². The Labute approximate surface area is 178 Å². The molecule has 0 saturated heterocycles. The molecule has 0 fully saturated rings. The summed E-state index contributed by atoms with van der Waals surface area (Å²) in [6, 6.07) is 19.0. The number of nitrogens with one attached hydrogen (secondary N) is 2. The minimum atomic E-state index is -0.222. The van der Waals surface area contributed by atoms with Gasteiger partial charge in [-0.25, -0.2) is 0 Å². The lowest BCUT2D eigenvalue weighted by Gasteiger charge is -2.13. The van der Waals surface area contributed by atoms with Gasteiger partial charge in [0.05, 0.1) is 12.1 Å². The Morgan fingerprint density at radius 2 is 1.52 bits per heavy atom. The minimum absolute atomic E-state index is 0.148. The standard InChI is InChI=1S/C22H18Cl2N2O3/c1-14(27)25-18-7-2-15(3-8-18)12-22(28)26-20-13-17(24)6-11-21(20)29-19-9-4-16(23)5-10-19/h2-11,13H,12H2,1H3,(H,25,27)(H,26,28). The molecule has 5 nitrogen and oxygen atoms in total. The van der Waals surface area contributed by atoms with Crippen LogP contribution in [0.3, 0.4) is 0 Å². The van der Waals surface area contributed by atoms with Crippen molar-refractivity contribution in [3.63, 3.8) is 0 Å². The van der Waals surface area contributed by atoms with Crippen molar-refractivity contribution in [3.05, 3.63) is 82.3 Å². The lowest BCUT2D eigenvalue weighted by Crippen LogP contribution is -2.15. The molecule has 0 heterocycles. The fourth-order valence-corrected chi connectivity index (χ4v) is 2.91. The second kappa shape index (κ2) is 9.45. The van der Waals surface area contributed by atoms with E-state index in [1.165, 1.54) is 6.92 Å². The predicted molar refractivity (Wildman–Crippen MR) is 116 cm³/mol. The lowest BCUT2D eigenvalue weighted by molar-refractivity contribution is -0.116. The summed E-state index contributed by atoms with van der Waals surface area (Å²) in [6.45, 7) is 1.44.